The van der Waals surface area contributed by atoms with Gasteiger partial charge in [-0.05, 0) is 36.9 Å². The van der Waals surface area contributed by atoms with E-state index in [1.165, 1.54) is 0 Å². The fourth-order valence-electron chi connectivity index (χ4n) is 3.49. The Bertz CT molecular complexity index is 529. The molecular formula is C17H21F3N2. The summed E-state index contributed by atoms with van der Waals surface area (Å²) in [6.45, 7) is 2.53. The van der Waals surface area contributed by atoms with Crippen LogP contribution in [0.4, 0.5) is 13.2 Å². The third-order valence-electron chi connectivity index (χ3n) is 4.50. The first-order valence-electron chi connectivity index (χ1n) is 7.84. The molecule has 2 aliphatic heterocycles. The summed E-state index contributed by atoms with van der Waals surface area (Å²) in [6.07, 6.45) is -2.27. The number of hydrogen-bond acceptors (Lipinski definition) is 2. The van der Waals surface area contributed by atoms with Gasteiger partial charge in [0.1, 0.15) is 0 Å². The van der Waals surface area contributed by atoms with Gasteiger partial charge in [-0.2, -0.15) is 13.2 Å². The van der Waals surface area contributed by atoms with Gasteiger partial charge in [0, 0.05) is 25.3 Å². The lowest BCUT2D eigenvalue weighted by Gasteiger charge is -2.29. The van der Waals surface area contributed by atoms with Crippen LogP contribution in [0.15, 0.2) is 41.6 Å². The normalized spacial score (nSPS) is 26.5. The molecule has 1 N–H and O–H groups in total. The first-order chi connectivity index (χ1) is 10.6. The van der Waals surface area contributed by atoms with Crippen molar-refractivity contribution in [2.45, 2.75) is 32.0 Å². The van der Waals surface area contributed by atoms with E-state index >= 15 is 0 Å². The minimum Gasteiger partial charge on any atom is -0.370 e. The van der Waals surface area contributed by atoms with E-state index in [0.717, 1.165) is 30.5 Å². The molecule has 22 heavy (non-hydrogen) atoms. The van der Waals surface area contributed by atoms with Gasteiger partial charge in [-0.25, -0.2) is 0 Å². The molecule has 1 atom stereocenters. The van der Waals surface area contributed by atoms with Crippen LogP contribution < -0.4 is 5.32 Å². The number of allylic oxidation sites excluding steroid dienone is 1. The summed E-state index contributed by atoms with van der Waals surface area (Å²) in [7, 11) is 0. The molecule has 0 spiro atoms. The number of hydrogen-bond donors (Lipinski definition) is 1. The number of likely N-dealkylation sites (tertiary alicyclic amines) is 1. The second-order valence-electron chi connectivity index (χ2n) is 6.06. The van der Waals surface area contributed by atoms with E-state index < -0.39 is 12.1 Å². The molecule has 1 unspecified atom stereocenters. The van der Waals surface area contributed by atoms with Crippen LogP contribution in [0.3, 0.4) is 0 Å². The molecule has 3 rings (SSSR count). The monoisotopic (exact) mass is 310 g/mol. The van der Waals surface area contributed by atoms with E-state index in [2.05, 4.69) is 5.32 Å². The predicted molar refractivity (Wildman–Crippen MR) is 80.1 cm³/mol. The highest BCUT2D eigenvalue weighted by Gasteiger charge is 2.47. The first kappa shape index (κ1) is 15.4. The van der Waals surface area contributed by atoms with Crippen LogP contribution in [0.5, 0.6) is 0 Å². The summed E-state index contributed by atoms with van der Waals surface area (Å²) >= 11 is 0. The minimum absolute atomic E-state index is 0.176. The molecule has 2 saturated heterocycles. The van der Waals surface area contributed by atoms with Crippen molar-refractivity contribution >= 4 is 0 Å². The first-order valence-corrected chi connectivity index (χ1v) is 7.84. The maximum atomic E-state index is 13.4. The number of halogens is 3. The van der Waals surface area contributed by atoms with Gasteiger partial charge in [0.05, 0.1) is 5.92 Å². The third-order valence-corrected chi connectivity index (χ3v) is 4.50. The Morgan fingerprint density at radius 2 is 1.95 bits per heavy atom. The van der Waals surface area contributed by atoms with Crippen molar-refractivity contribution in [1.29, 1.82) is 0 Å². The SMILES string of the molecule is FC(F)(F)C1CCN(Cc2ccccc2)/C1=C1/CCCNC1. The molecule has 1 aromatic carbocycles. The number of benzene rings is 1. The highest BCUT2D eigenvalue weighted by atomic mass is 19.4. The van der Waals surface area contributed by atoms with Gasteiger partial charge in [-0.15, -0.1) is 0 Å². The van der Waals surface area contributed by atoms with Crippen LogP contribution in [0.1, 0.15) is 24.8 Å². The van der Waals surface area contributed by atoms with Crippen LogP contribution >= 0.6 is 0 Å². The van der Waals surface area contributed by atoms with Gasteiger partial charge in [0.25, 0.3) is 0 Å². The lowest BCUT2D eigenvalue weighted by molar-refractivity contribution is -0.163. The zero-order valence-electron chi connectivity index (χ0n) is 12.5. The van der Waals surface area contributed by atoms with Crippen LogP contribution in [0.2, 0.25) is 0 Å². The topological polar surface area (TPSA) is 15.3 Å². The van der Waals surface area contributed by atoms with Crippen molar-refractivity contribution in [3.63, 3.8) is 0 Å². The van der Waals surface area contributed by atoms with E-state index in [9.17, 15) is 13.2 Å². The van der Waals surface area contributed by atoms with Gasteiger partial charge in [-0.3, -0.25) is 0 Å². The average Bonchev–Trinajstić information content (AvgIpc) is 2.93. The average molecular weight is 310 g/mol. The fraction of sp³-hybridized carbons (Fsp3) is 0.529. The van der Waals surface area contributed by atoms with E-state index in [1.54, 1.807) is 0 Å². The Labute approximate surface area is 129 Å². The summed E-state index contributed by atoms with van der Waals surface area (Å²) in [4.78, 5) is 1.94. The number of nitrogens with one attached hydrogen (secondary N) is 1. The molecule has 1 aromatic rings. The molecule has 0 aliphatic carbocycles. The molecule has 0 saturated carbocycles. The quantitative estimate of drug-likeness (QED) is 0.896. The van der Waals surface area contributed by atoms with Crippen LogP contribution in [0, 0.1) is 5.92 Å². The van der Waals surface area contributed by atoms with Gasteiger partial charge in [-0.1, -0.05) is 30.3 Å². The van der Waals surface area contributed by atoms with Crippen molar-refractivity contribution in [3.8, 4) is 0 Å². The lowest BCUT2D eigenvalue weighted by atomic mass is 9.95. The molecule has 2 fully saturated rings. The lowest BCUT2D eigenvalue weighted by Crippen LogP contribution is -2.32. The van der Waals surface area contributed by atoms with Crippen molar-refractivity contribution < 1.29 is 13.2 Å². The van der Waals surface area contributed by atoms with Crippen LogP contribution in [-0.2, 0) is 6.54 Å². The largest absolute Gasteiger partial charge is 0.397 e. The Kier molecular flexibility index (Phi) is 4.43. The zero-order valence-corrected chi connectivity index (χ0v) is 12.5. The van der Waals surface area contributed by atoms with E-state index in [1.807, 2.05) is 35.2 Å². The Morgan fingerprint density at radius 3 is 2.59 bits per heavy atom. The number of rotatable bonds is 2. The zero-order chi connectivity index (χ0) is 15.6. The van der Waals surface area contributed by atoms with E-state index in [0.29, 0.717) is 25.3 Å². The smallest absolute Gasteiger partial charge is 0.370 e. The summed E-state index contributed by atoms with van der Waals surface area (Å²) in [5.41, 5.74) is 2.54. The van der Waals surface area contributed by atoms with Gasteiger partial charge >= 0.3 is 6.18 Å². The van der Waals surface area contributed by atoms with Gasteiger partial charge < -0.3 is 10.2 Å². The summed E-state index contributed by atoms with van der Waals surface area (Å²) in [6, 6.07) is 9.74. The Hall–Kier alpha value is -1.49. The molecule has 0 bridgehead atoms. The number of nitrogens with zero attached hydrogens (tertiary/aromatic N) is 1. The highest BCUT2D eigenvalue weighted by Crippen LogP contribution is 2.43. The Balaban J connectivity index is 1.88. The van der Waals surface area contributed by atoms with E-state index in [-0.39, 0.29) is 6.42 Å². The van der Waals surface area contributed by atoms with Crippen LogP contribution in [-0.4, -0.2) is 30.7 Å². The molecular weight excluding hydrogens is 289 g/mol. The maximum Gasteiger partial charge on any atom is 0.397 e. The summed E-state index contributed by atoms with van der Waals surface area (Å²) < 4.78 is 40.2. The van der Waals surface area contributed by atoms with Crippen molar-refractivity contribution in [3.05, 3.63) is 47.2 Å². The summed E-state index contributed by atoms with van der Waals surface area (Å²) in [5.74, 6) is -1.30. The van der Waals surface area contributed by atoms with Crippen molar-refractivity contribution in [1.82, 2.24) is 10.2 Å². The molecule has 2 heterocycles. The fourth-order valence-corrected chi connectivity index (χ4v) is 3.49. The Morgan fingerprint density at radius 1 is 1.18 bits per heavy atom. The van der Waals surface area contributed by atoms with Gasteiger partial charge in [0.2, 0.25) is 0 Å². The molecule has 5 heteroatoms. The molecule has 120 valence electrons. The molecule has 2 aliphatic rings. The second kappa shape index (κ2) is 6.32. The molecule has 0 radical (unpaired) electrons. The predicted octanol–water partition coefficient (Wildman–Crippen LogP) is 3.71. The number of alkyl halides is 3. The number of piperidine rings is 1. The van der Waals surface area contributed by atoms with Gasteiger partial charge in [0.15, 0.2) is 0 Å². The second-order valence-corrected chi connectivity index (χ2v) is 6.06. The molecule has 0 aromatic heterocycles. The highest BCUT2D eigenvalue weighted by molar-refractivity contribution is 5.25. The van der Waals surface area contributed by atoms with Crippen LogP contribution in [0.25, 0.3) is 0 Å². The van der Waals surface area contributed by atoms with E-state index in [4.69, 9.17) is 0 Å². The molecule has 2 nitrogen and oxygen atoms in total. The molecule has 0 amide bonds. The third kappa shape index (κ3) is 3.29. The van der Waals surface area contributed by atoms with Crippen molar-refractivity contribution in [2.75, 3.05) is 19.6 Å². The minimum atomic E-state index is -4.15. The summed E-state index contributed by atoms with van der Waals surface area (Å²) in [5, 5.41) is 3.22. The standard InChI is InChI=1S/C17H21F3N2/c18-17(19,20)15-8-10-22(12-13-5-2-1-3-6-13)16(15)14-7-4-9-21-11-14/h1-3,5-6,15,21H,4,7-12H2/b16-14-. The van der Waals surface area contributed by atoms with Crippen molar-refractivity contribution in [2.24, 2.45) is 5.92 Å². The maximum absolute atomic E-state index is 13.4.